The number of sulfone groups is 1. The molecule has 5 heteroatoms. The van der Waals surface area contributed by atoms with Crippen LogP contribution in [-0.4, -0.2) is 20.6 Å². The van der Waals surface area contributed by atoms with Gasteiger partial charge in [0.2, 0.25) is 0 Å². The molecule has 1 N–H and O–H groups in total. The van der Waals surface area contributed by atoms with Crippen LogP contribution in [0.15, 0.2) is 23.1 Å². The van der Waals surface area contributed by atoms with Crippen LogP contribution < -0.4 is 5.32 Å². The third-order valence-corrected chi connectivity index (χ3v) is 3.30. The molecule has 0 spiro atoms. The van der Waals surface area contributed by atoms with E-state index in [0.717, 1.165) is 11.8 Å². The van der Waals surface area contributed by atoms with Crippen molar-refractivity contribution in [1.82, 2.24) is 5.32 Å². The molecule has 0 aliphatic carbocycles. The summed E-state index contributed by atoms with van der Waals surface area (Å²) in [6.45, 7) is 0.484. The molecule has 14 heavy (non-hydrogen) atoms. The second-order valence-corrected chi connectivity index (χ2v) is 5.29. The van der Waals surface area contributed by atoms with E-state index in [1.54, 1.807) is 6.07 Å². The van der Waals surface area contributed by atoms with Gasteiger partial charge in [-0.1, -0.05) is 6.07 Å². The molecule has 0 fully saturated rings. The maximum absolute atomic E-state index is 11.2. The molecule has 0 bridgehead atoms. The van der Waals surface area contributed by atoms with Gasteiger partial charge in [0.1, 0.15) is 0 Å². The van der Waals surface area contributed by atoms with Gasteiger partial charge in [-0.2, -0.15) is 0 Å². The third-order valence-electron chi connectivity index (χ3n) is 2.19. The quantitative estimate of drug-likeness (QED) is 0.728. The van der Waals surface area contributed by atoms with Crippen molar-refractivity contribution in [3.05, 3.63) is 29.3 Å². The van der Waals surface area contributed by atoms with Gasteiger partial charge in [0.05, 0.1) is 4.90 Å². The van der Waals surface area contributed by atoms with Crippen molar-refractivity contribution in [1.29, 1.82) is 0 Å². The summed E-state index contributed by atoms with van der Waals surface area (Å²) in [4.78, 5) is 11.4. The number of hydrogen-bond donors (Lipinski definition) is 1. The number of nitrogens with one attached hydrogen (secondary N) is 1. The minimum absolute atomic E-state index is 0.188. The molecule has 1 amide bonds. The molecule has 2 rings (SSSR count). The number of carbonyl (C=O) groups excluding carboxylic acids is 1. The fourth-order valence-corrected chi connectivity index (χ4v) is 2.07. The van der Waals surface area contributed by atoms with E-state index in [9.17, 15) is 13.2 Å². The van der Waals surface area contributed by atoms with Crippen LogP contribution in [0.3, 0.4) is 0 Å². The van der Waals surface area contributed by atoms with Crippen LogP contribution in [0.2, 0.25) is 0 Å². The average Bonchev–Trinajstić information content (AvgIpc) is 2.46. The summed E-state index contributed by atoms with van der Waals surface area (Å²) in [5, 5.41) is 2.63. The summed E-state index contributed by atoms with van der Waals surface area (Å²) in [6, 6.07) is 4.62. The van der Waals surface area contributed by atoms with E-state index in [4.69, 9.17) is 0 Å². The summed E-state index contributed by atoms with van der Waals surface area (Å²) in [5.41, 5.74) is 1.32. The molecule has 0 saturated heterocycles. The van der Waals surface area contributed by atoms with E-state index >= 15 is 0 Å². The SMILES string of the molecule is CS(=O)(=O)c1ccc2c(c1)C(=O)NC2. The van der Waals surface area contributed by atoms with Crippen LogP contribution >= 0.6 is 0 Å². The zero-order valence-corrected chi connectivity index (χ0v) is 8.39. The van der Waals surface area contributed by atoms with Crippen LogP contribution in [-0.2, 0) is 16.4 Å². The molecule has 1 aliphatic heterocycles. The second-order valence-electron chi connectivity index (χ2n) is 3.27. The number of fused-ring (bicyclic) bond motifs is 1. The highest BCUT2D eigenvalue weighted by atomic mass is 32.2. The van der Waals surface area contributed by atoms with Gasteiger partial charge in [-0.3, -0.25) is 4.79 Å². The summed E-state index contributed by atoms with van der Waals surface area (Å²) in [6.07, 6.45) is 1.13. The fourth-order valence-electron chi connectivity index (χ4n) is 1.42. The predicted molar refractivity (Wildman–Crippen MR) is 50.7 cm³/mol. The summed E-state index contributed by atoms with van der Waals surface area (Å²) in [7, 11) is -3.23. The third kappa shape index (κ3) is 1.39. The molecule has 1 heterocycles. The Morgan fingerprint density at radius 3 is 2.71 bits per heavy atom. The number of hydrogen-bond acceptors (Lipinski definition) is 3. The first-order valence-corrected chi connectivity index (χ1v) is 5.99. The van der Waals surface area contributed by atoms with E-state index in [-0.39, 0.29) is 10.8 Å². The first kappa shape index (κ1) is 9.21. The molecule has 0 aromatic heterocycles. The lowest BCUT2D eigenvalue weighted by Gasteiger charge is -2.00. The molecule has 4 nitrogen and oxygen atoms in total. The van der Waals surface area contributed by atoms with Gasteiger partial charge in [-0.05, 0) is 17.7 Å². The standard InChI is InChI=1S/C9H9NO3S/c1-14(12,13)7-3-2-6-5-10-9(11)8(6)4-7/h2-4H,5H2,1H3,(H,10,11). The maximum atomic E-state index is 11.2. The van der Waals surface area contributed by atoms with Gasteiger partial charge < -0.3 is 5.32 Å². The van der Waals surface area contributed by atoms with Crippen LogP contribution in [0.1, 0.15) is 15.9 Å². The molecular formula is C9H9NO3S. The van der Waals surface area contributed by atoms with Crippen LogP contribution in [0.5, 0.6) is 0 Å². The van der Waals surface area contributed by atoms with Crippen molar-refractivity contribution in [3.8, 4) is 0 Å². The highest BCUT2D eigenvalue weighted by Gasteiger charge is 2.20. The normalized spacial score (nSPS) is 15.1. The largest absolute Gasteiger partial charge is 0.348 e. The summed E-state index contributed by atoms with van der Waals surface area (Å²) < 4.78 is 22.4. The predicted octanol–water partition coefficient (Wildman–Crippen LogP) is 0.334. The lowest BCUT2D eigenvalue weighted by atomic mass is 10.1. The average molecular weight is 211 g/mol. The Bertz CT molecular complexity index is 505. The Hall–Kier alpha value is -1.36. The Morgan fingerprint density at radius 1 is 1.36 bits per heavy atom. The van der Waals surface area contributed by atoms with Gasteiger partial charge in [-0.15, -0.1) is 0 Å². The number of carbonyl (C=O) groups is 1. The molecule has 0 atom stereocenters. The van der Waals surface area contributed by atoms with E-state index in [2.05, 4.69) is 5.32 Å². The van der Waals surface area contributed by atoms with Crippen LogP contribution in [0.4, 0.5) is 0 Å². The Morgan fingerprint density at radius 2 is 2.07 bits per heavy atom. The molecule has 1 aromatic carbocycles. The molecular weight excluding hydrogens is 202 g/mol. The monoisotopic (exact) mass is 211 g/mol. The van der Waals surface area contributed by atoms with Crippen LogP contribution in [0, 0.1) is 0 Å². The van der Waals surface area contributed by atoms with E-state index in [1.165, 1.54) is 12.1 Å². The first-order chi connectivity index (χ1) is 6.48. The second kappa shape index (κ2) is 2.81. The molecule has 0 radical (unpaired) electrons. The van der Waals surface area contributed by atoms with Crippen molar-refractivity contribution in [2.24, 2.45) is 0 Å². The smallest absolute Gasteiger partial charge is 0.251 e. The zero-order valence-electron chi connectivity index (χ0n) is 7.57. The lowest BCUT2D eigenvalue weighted by molar-refractivity contribution is 0.0965. The van der Waals surface area contributed by atoms with Gasteiger partial charge in [0.25, 0.3) is 5.91 Å². The van der Waals surface area contributed by atoms with Gasteiger partial charge in [0, 0.05) is 18.4 Å². The summed E-state index contributed by atoms with van der Waals surface area (Å²) in [5.74, 6) is -0.203. The van der Waals surface area contributed by atoms with Crippen molar-refractivity contribution < 1.29 is 13.2 Å². The van der Waals surface area contributed by atoms with Crippen LogP contribution in [0.25, 0.3) is 0 Å². The van der Waals surface area contributed by atoms with Crippen molar-refractivity contribution in [2.75, 3.05) is 6.26 Å². The van der Waals surface area contributed by atoms with E-state index < -0.39 is 9.84 Å². The number of benzene rings is 1. The first-order valence-electron chi connectivity index (χ1n) is 4.09. The van der Waals surface area contributed by atoms with Gasteiger partial charge in [-0.25, -0.2) is 8.42 Å². The topological polar surface area (TPSA) is 63.2 Å². The van der Waals surface area contributed by atoms with Crippen molar-refractivity contribution in [3.63, 3.8) is 0 Å². The minimum atomic E-state index is -3.23. The van der Waals surface area contributed by atoms with Gasteiger partial charge in [0.15, 0.2) is 9.84 Å². The fraction of sp³-hybridized carbons (Fsp3) is 0.222. The maximum Gasteiger partial charge on any atom is 0.251 e. The van der Waals surface area contributed by atoms with E-state index in [1.807, 2.05) is 0 Å². The Kier molecular flexibility index (Phi) is 1.85. The summed E-state index contributed by atoms with van der Waals surface area (Å²) >= 11 is 0. The molecule has 74 valence electrons. The van der Waals surface area contributed by atoms with Crippen molar-refractivity contribution in [2.45, 2.75) is 11.4 Å². The Labute approximate surface area is 81.9 Å². The molecule has 1 aromatic rings. The van der Waals surface area contributed by atoms with E-state index in [0.29, 0.717) is 12.1 Å². The Balaban J connectivity index is 2.61. The molecule has 0 saturated carbocycles. The highest BCUT2D eigenvalue weighted by molar-refractivity contribution is 7.90. The number of rotatable bonds is 1. The lowest BCUT2D eigenvalue weighted by Crippen LogP contribution is -2.12. The molecule has 1 aliphatic rings. The minimum Gasteiger partial charge on any atom is -0.348 e. The van der Waals surface area contributed by atoms with Gasteiger partial charge >= 0.3 is 0 Å². The molecule has 0 unspecified atom stereocenters. The zero-order chi connectivity index (χ0) is 10.3. The van der Waals surface area contributed by atoms with Crippen molar-refractivity contribution >= 4 is 15.7 Å². The number of amides is 1. The highest BCUT2D eigenvalue weighted by Crippen LogP contribution is 2.19.